The maximum Gasteiger partial charge on any atom is 0.0210 e. The van der Waals surface area contributed by atoms with Crippen LogP contribution in [-0.4, -0.2) is 0 Å². The fourth-order valence-electron chi connectivity index (χ4n) is 15.5. The van der Waals surface area contributed by atoms with Crippen LogP contribution < -0.4 is 0 Å². The van der Waals surface area contributed by atoms with E-state index in [-0.39, 0.29) is 16.2 Å². The first-order valence-corrected chi connectivity index (χ1v) is 29.7. The van der Waals surface area contributed by atoms with Crippen LogP contribution in [0.25, 0.3) is 122 Å². The Kier molecular flexibility index (Phi) is 11.3. The Balaban J connectivity index is 0.728. The first kappa shape index (κ1) is 49.2. The van der Waals surface area contributed by atoms with Crippen LogP contribution in [0.15, 0.2) is 243 Å². The van der Waals surface area contributed by atoms with E-state index in [0.29, 0.717) is 0 Å². The predicted molar refractivity (Wildman–Crippen MR) is 345 cm³/mol. The number of benzene rings is 12. The predicted octanol–water partition coefficient (Wildman–Crippen LogP) is 22.5. The monoisotopic (exact) mass is 1040 g/mol. The first-order chi connectivity index (χ1) is 39.6. The van der Waals surface area contributed by atoms with Crippen molar-refractivity contribution in [1.29, 1.82) is 0 Å². The lowest BCUT2D eigenvalue weighted by atomic mass is 9.73. The highest BCUT2D eigenvalue weighted by Crippen LogP contribution is 2.57. The summed E-state index contributed by atoms with van der Waals surface area (Å²) >= 11 is 0. The molecule has 0 bridgehead atoms. The molecule has 390 valence electrons. The van der Waals surface area contributed by atoms with Crippen LogP contribution in [0.2, 0.25) is 0 Å². The van der Waals surface area contributed by atoms with Crippen LogP contribution in [-0.2, 0) is 16.2 Å². The second-order valence-corrected chi connectivity index (χ2v) is 24.0. The average Bonchev–Trinajstić information content (AvgIpc) is 4.11. The van der Waals surface area contributed by atoms with E-state index < -0.39 is 0 Å². The standard InChI is InChI=1S/C81H66/c1-7-80(8-2)75-47-57(53-23-15-25-61(43-53)65-29-17-21-51-19-11-13-27-63(51)65)33-39-69(75)71-41-35-59(49-77(71)80)55-31-37-67-68-38-32-56(46-74(68)79(5,6)73(67)45-55)60-36-42-72-70-40-34-58(48-76(70)81(9-3,10-4)78(72)50-60)54-24-16-26-62(44-54)66-30-18-22-52-20-12-14-28-64(52)66/h11-50H,7-10H2,1-6H3. The summed E-state index contributed by atoms with van der Waals surface area (Å²) in [6.45, 7) is 14.4. The van der Waals surface area contributed by atoms with Gasteiger partial charge in [-0.2, -0.15) is 0 Å². The van der Waals surface area contributed by atoms with E-state index in [1.54, 1.807) is 0 Å². The Morgan fingerprint density at radius 3 is 0.815 bits per heavy atom. The second kappa shape index (κ2) is 18.6. The lowest BCUT2D eigenvalue weighted by Crippen LogP contribution is -2.23. The highest BCUT2D eigenvalue weighted by atomic mass is 14.5. The second-order valence-electron chi connectivity index (χ2n) is 24.0. The third-order valence-corrected chi connectivity index (χ3v) is 20.1. The van der Waals surface area contributed by atoms with Crippen molar-refractivity contribution in [3.63, 3.8) is 0 Å². The lowest BCUT2D eigenvalue weighted by molar-refractivity contribution is 0.491. The maximum absolute atomic E-state index is 2.54. The Morgan fingerprint density at radius 2 is 0.481 bits per heavy atom. The molecule has 0 aromatic heterocycles. The topological polar surface area (TPSA) is 0 Å². The molecule has 0 saturated heterocycles. The van der Waals surface area contributed by atoms with Crippen LogP contribution in [0.3, 0.4) is 0 Å². The molecular weight excluding hydrogens is 973 g/mol. The number of fused-ring (bicyclic) bond motifs is 11. The van der Waals surface area contributed by atoms with Gasteiger partial charge >= 0.3 is 0 Å². The van der Waals surface area contributed by atoms with E-state index in [9.17, 15) is 0 Å². The third kappa shape index (κ3) is 7.35. The van der Waals surface area contributed by atoms with E-state index in [1.807, 2.05) is 0 Å². The van der Waals surface area contributed by atoms with E-state index in [1.165, 1.54) is 155 Å². The SMILES string of the molecule is CCC1(CC)c2cc(-c3cccc(-c4cccc5ccccc45)c3)ccc2-c2ccc(-c3ccc4c(c3)C(C)(C)c3cc(-c5ccc6c(c5)C(CC)(CC)c5cc(-c7cccc(-c8cccc9ccccc89)c7)ccc5-6)ccc3-4)cc21. The summed E-state index contributed by atoms with van der Waals surface area (Å²) in [5.74, 6) is 0. The van der Waals surface area contributed by atoms with Gasteiger partial charge < -0.3 is 0 Å². The Bertz CT molecular complexity index is 4250. The first-order valence-electron chi connectivity index (χ1n) is 29.7. The van der Waals surface area contributed by atoms with Gasteiger partial charge in [-0.15, -0.1) is 0 Å². The van der Waals surface area contributed by atoms with Gasteiger partial charge in [-0.05, 0) is 229 Å². The van der Waals surface area contributed by atoms with Crippen molar-refractivity contribution in [2.75, 3.05) is 0 Å². The molecule has 0 fully saturated rings. The highest BCUT2D eigenvalue weighted by molar-refractivity contribution is 5.99. The van der Waals surface area contributed by atoms with Crippen LogP contribution in [0, 0.1) is 0 Å². The summed E-state index contributed by atoms with van der Waals surface area (Å²) in [5, 5.41) is 5.12. The van der Waals surface area contributed by atoms with E-state index >= 15 is 0 Å². The van der Waals surface area contributed by atoms with E-state index in [4.69, 9.17) is 0 Å². The molecule has 0 atom stereocenters. The molecule has 15 rings (SSSR count). The zero-order valence-corrected chi connectivity index (χ0v) is 47.4. The van der Waals surface area contributed by atoms with Crippen molar-refractivity contribution >= 4 is 21.5 Å². The summed E-state index contributed by atoms with van der Waals surface area (Å²) in [6.07, 6.45) is 4.17. The van der Waals surface area contributed by atoms with Crippen molar-refractivity contribution in [3.8, 4) is 100 Å². The fraction of sp³-hybridized carbons (Fsp3) is 0.160. The van der Waals surface area contributed by atoms with Gasteiger partial charge in [0.25, 0.3) is 0 Å². The maximum atomic E-state index is 2.54. The normalized spacial score (nSPS) is 14.5. The minimum Gasteiger partial charge on any atom is -0.0642 e. The van der Waals surface area contributed by atoms with Crippen molar-refractivity contribution < 1.29 is 0 Å². The van der Waals surface area contributed by atoms with Crippen molar-refractivity contribution in [1.82, 2.24) is 0 Å². The fourth-order valence-corrected chi connectivity index (χ4v) is 15.5. The summed E-state index contributed by atoms with van der Waals surface area (Å²) in [7, 11) is 0. The van der Waals surface area contributed by atoms with Gasteiger partial charge in [0, 0.05) is 16.2 Å². The van der Waals surface area contributed by atoms with Crippen LogP contribution in [0.5, 0.6) is 0 Å². The lowest BCUT2D eigenvalue weighted by Gasteiger charge is -2.30. The van der Waals surface area contributed by atoms with Crippen LogP contribution in [0.4, 0.5) is 0 Å². The molecular formula is C81H66. The van der Waals surface area contributed by atoms with E-state index in [0.717, 1.165) is 25.7 Å². The van der Waals surface area contributed by atoms with Crippen molar-refractivity contribution in [2.24, 2.45) is 0 Å². The molecule has 0 aliphatic heterocycles. The largest absolute Gasteiger partial charge is 0.0642 e. The smallest absolute Gasteiger partial charge is 0.0210 e. The van der Waals surface area contributed by atoms with Gasteiger partial charge in [0.2, 0.25) is 0 Å². The number of hydrogen-bond acceptors (Lipinski definition) is 0. The van der Waals surface area contributed by atoms with Crippen LogP contribution >= 0.6 is 0 Å². The van der Waals surface area contributed by atoms with Gasteiger partial charge in [0.15, 0.2) is 0 Å². The molecule has 0 N–H and O–H groups in total. The molecule has 12 aromatic rings. The summed E-state index contributed by atoms with van der Waals surface area (Å²) in [5.41, 5.74) is 31.8. The van der Waals surface area contributed by atoms with Crippen molar-refractivity contribution in [3.05, 3.63) is 276 Å². The summed E-state index contributed by atoms with van der Waals surface area (Å²) in [4.78, 5) is 0. The Morgan fingerprint density at radius 1 is 0.222 bits per heavy atom. The van der Waals surface area contributed by atoms with E-state index in [2.05, 4.69) is 284 Å². The van der Waals surface area contributed by atoms with Gasteiger partial charge in [0.1, 0.15) is 0 Å². The van der Waals surface area contributed by atoms with Crippen molar-refractivity contribution in [2.45, 2.75) is 83.5 Å². The third-order valence-electron chi connectivity index (χ3n) is 20.1. The Labute approximate surface area is 478 Å². The average molecular weight is 1040 g/mol. The molecule has 0 amide bonds. The molecule has 3 aliphatic carbocycles. The van der Waals surface area contributed by atoms with Gasteiger partial charge in [-0.25, -0.2) is 0 Å². The number of rotatable bonds is 10. The summed E-state index contributed by atoms with van der Waals surface area (Å²) < 4.78 is 0. The molecule has 0 nitrogen and oxygen atoms in total. The molecule has 0 heteroatoms. The molecule has 0 saturated carbocycles. The zero-order valence-electron chi connectivity index (χ0n) is 47.4. The van der Waals surface area contributed by atoms with Crippen LogP contribution in [0.1, 0.15) is 101 Å². The van der Waals surface area contributed by atoms with Gasteiger partial charge in [-0.3, -0.25) is 0 Å². The molecule has 12 aromatic carbocycles. The highest BCUT2D eigenvalue weighted by Gasteiger charge is 2.43. The van der Waals surface area contributed by atoms with Gasteiger partial charge in [-0.1, -0.05) is 236 Å². The van der Waals surface area contributed by atoms with Gasteiger partial charge in [0.05, 0.1) is 0 Å². The minimum absolute atomic E-state index is 0.0739. The molecule has 0 spiro atoms. The Hall–Kier alpha value is -8.84. The molecule has 81 heavy (non-hydrogen) atoms. The molecule has 0 radical (unpaired) electrons. The molecule has 0 unspecified atom stereocenters. The minimum atomic E-state index is -0.174. The quantitative estimate of drug-likeness (QED) is 0.128. The number of hydrogen-bond donors (Lipinski definition) is 0. The summed E-state index contributed by atoms with van der Waals surface area (Å²) in [6, 6.07) is 92.8. The molecule has 0 heterocycles. The molecule has 3 aliphatic rings. The zero-order chi connectivity index (χ0) is 54.8.